The van der Waals surface area contributed by atoms with Crippen molar-refractivity contribution in [3.63, 3.8) is 0 Å². The fraction of sp³-hybridized carbons (Fsp3) is 0.409. The minimum atomic E-state index is -4.79. The molecule has 0 aliphatic rings. The van der Waals surface area contributed by atoms with E-state index in [9.17, 15) is 27.6 Å². The van der Waals surface area contributed by atoms with Crippen LogP contribution in [0.3, 0.4) is 0 Å². The van der Waals surface area contributed by atoms with Gasteiger partial charge in [0.1, 0.15) is 11.6 Å². The topological polar surface area (TPSA) is 243 Å². The molecule has 2 rings (SSSR count). The highest BCUT2D eigenvalue weighted by Gasteiger charge is 2.34. The summed E-state index contributed by atoms with van der Waals surface area (Å²) >= 11 is 0. The molecular formula is C22H30F3N9O4. The van der Waals surface area contributed by atoms with Crippen LogP contribution in [0.15, 0.2) is 43.5 Å². The Bertz CT molecular complexity index is 1250. The molecule has 0 saturated carbocycles. The number of fused-ring (bicyclic) bond motifs is 1. The zero-order valence-electron chi connectivity index (χ0n) is 20.3. The van der Waals surface area contributed by atoms with Gasteiger partial charge in [-0.15, -0.1) is 0 Å². The molecule has 1 heterocycles. The highest BCUT2D eigenvalue weighted by atomic mass is 19.4. The zero-order chi connectivity index (χ0) is 28.5. The highest BCUT2D eigenvalue weighted by Crippen LogP contribution is 2.34. The summed E-state index contributed by atoms with van der Waals surface area (Å²) in [6.07, 6.45) is -3.73. The average molecular weight is 542 g/mol. The standard InChI is InChI=1S/C22H30F3N9O4/c23-22(24,25)13-10-17(35)38-16-9-11(5-6-12(13)16)33-19(37)15(4-2-8-32-21(29)30)34-18(36)14(26)3-1-7-31-20(27)28/h5-6,9-10,14-15H,1-4,7-8,26H2,(H,33,37)(H,34,36)(H4,27,28,31)(H4,29,30,32)/t14-,15-/m0/s1. The third-order valence-corrected chi connectivity index (χ3v) is 5.20. The van der Waals surface area contributed by atoms with Gasteiger partial charge in [-0.2, -0.15) is 13.2 Å². The molecule has 1 aromatic heterocycles. The van der Waals surface area contributed by atoms with Gasteiger partial charge in [-0.05, 0) is 37.8 Å². The average Bonchev–Trinajstić information content (AvgIpc) is 2.81. The molecule has 2 aromatic rings. The first-order valence-electron chi connectivity index (χ1n) is 11.4. The molecule has 16 heteroatoms. The van der Waals surface area contributed by atoms with Crippen molar-refractivity contribution in [1.82, 2.24) is 5.32 Å². The molecule has 0 fully saturated rings. The van der Waals surface area contributed by atoms with Gasteiger partial charge in [0.2, 0.25) is 11.8 Å². The summed E-state index contributed by atoms with van der Waals surface area (Å²) in [4.78, 5) is 44.9. The lowest BCUT2D eigenvalue weighted by Gasteiger charge is -2.21. The van der Waals surface area contributed by atoms with Crippen molar-refractivity contribution in [1.29, 1.82) is 0 Å². The lowest BCUT2D eigenvalue weighted by atomic mass is 10.1. The second-order valence-electron chi connectivity index (χ2n) is 8.24. The molecule has 0 spiro atoms. The minimum absolute atomic E-state index is 0.0370. The van der Waals surface area contributed by atoms with Crippen molar-refractivity contribution >= 4 is 40.4 Å². The first kappa shape index (κ1) is 29.9. The van der Waals surface area contributed by atoms with E-state index in [-0.39, 0.29) is 54.5 Å². The van der Waals surface area contributed by atoms with Gasteiger partial charge < -0.3 is 43.7 Å². The van der Waals surface area contributed by atoms with Crippen molar-refractivity contribution in [2.45, 2.75) is 43.9 Å². The molecule has 0 saturated heterocycles. The van der Waals surface area contributed by atoms with Gasteiger partial charge in [-0.25, -0.2) is 4.79 Å². The molecule has 0 unspecified atom stereocenters. The van der Waals surface area contributed by atoms with E-state index < -0.39 is 41.3 Å². The van der Waals surface area contributed by atoms with E-state index in [0.29, 0.717) is 18.9 Å². The lowest BCUT2D eigenvalue weighted by Crippen LogP contribution is -2.50. The van der Waals surface area contributed by atoms with Crippen LogP contribution in [0.4, 0.5) is 18.9 Å². The fourth-order valence-corrected chi connectivity index (χ4v) is 3.41. The number of anilines is 1. The van der Waals surface area contributed by atoms with Gasteiger partial charge in [-0.3, -0.25) is 19.6 Å². The third-order valence-electron chi connectivity index (χ3n) is 5.20. The predicted molar refractivity (Wildman–Crippen MR) is 136 cm³/mol. The Morgan fingerprint density at radius 2 is 1.55 bits per heavy atom. The highest BCUT2D eigenvalue weighted by molar-refractivity contribution is 5.99. The summed E-state index contributed by atoms with van der Waals surface area (Å²) in [5.74, 6) is -1.54. The maximum absolute atomic E-state index is 13.3. The number of alkyl halides is 3. The maximum atomic E-state index is 13.3. The van der Waals surface area contributed by atoms with Gasteiger partial charge in [-0.1, -0.05) is 0 Å². The number of nitrogens with one attached hydrogen (secondary N) is 2. The van der Waals surface area contributed by atoms with Crippen molar-refractivity contribution < 1.29 is 27.2 Å². The summed E-state index contributed by atoms with van der Waals surface area (Å²) in [5.41, 5.74) is 24.3. The Labute approximate surface area is 214 Å². The van der Waals surface area contributed by atoms with E-state index in [4.69, 9.17) is 33.1 Å². The van der Waals surface area contributed by atoms with Crippen LogP contribution in [-0.2, 0) is 15.8 Å². The van der Waals surface area contributed by atoms with E-state index >= 15 is 0 Å². The Kier molecular flexibility index (Phi) is 10.4. The number of amides is 2. The summed E-state index contributed by atoms with van der Waals surface area (Å²) in [6.45, 7) is 0.438. The molecule has 2 amide bonds. The van der Waals surface area contributed by atoms with Crippen LogP contribution >= 0.6 is 0 Å². The molecule has 0 aliphatic carbocycles. The second kappa shape index (κ2) is 13.3. The lowest BCUT2D eigenvalue weighted by molar-refractivity contribution is -0.136. The Hall–Kier alpha value is -4.34. The first-order valence-corrected chi connectivity index (χ1v) is 11.4. The second-order valence-corrected chi connectivity index (χ2v) is 8.24. The Morgan fingerprint density at radius 1 is 0.947 bits per heavy atom. The number of nitrogens with two attached hydrogens (primary N) is 5. The van der Waals surface area contributed by atoms with Crippen LogP contribution in [0.25, 0.3) is 11.0 Å². The molecule has 0 radical (unpaired) electrons. The molecule has 13 nitrogen and oxygen atoms in total. The Morgan fingerprint density at radius 3 is 2.13 bits per heavy atom. The molecule has 1 aromatic carbocycles. The van der Waals surface area contributed by atoms with Gasteiger partial charge in [0.25, 0.3) is 0 Å². The SMILES string of the molecule is NC(N)=NCCC[C@H](NC(=O)[C@@H](N)CCCN=C(N)N)C(=O)Nc1ccc2c(C(F)(F)F)cc(=O)oc2c1. The van der Waals surface area contributed by atoms with E-state index in [0.717, 1.165) is 12.1 Å². The monoisotopic (exact) mass is 541 g/mol. The predicted octanol–water partition coefficient (Wildman–Crippen LogP) is -0.330. The van der Waals surface area contributed by atoms with Gasteiger partial charge in [0.15, 0.2) is 11.9 Å². The van der Waals surface area contributed by atoms with Crippen molar-refractivity contribution in [3.8, 4) is 0 Å². The van der Waals surface area contributed by atoms with Gasteiger partial charge in [0.05, 0.1) is 11.6 Å². The number of benzene rings is 1. The first-order chi connectivity index (χ1) is 17.8. The summed E-state index contributed by atoms with van der Waals surface area (Å²) in [5, 5.41) is 4.70. The van der Waals surface area contributed by atoms with Crippen LogP contribution in [0.1, 0.15) is 31.2 Å². The third kappa shape index (κ3) is 9.27. The summed E-state index contributed by atoms with van der Waals surface area (Å²) in [7, 11) is 0. The Balaban J connectivity index is 2.18. The van der Waals surface area contributed by atoms with Crippen LogP contribution in [-0.4, -0.2) is 48.9 Å². The van der Waals surface area contributed by atoms with E-state index in [2.05, 4.69) is 20.6 Å². The quantitative estimate of drug-likeness (QED) is 0.0803. The fourth-order valence-electron chi connectivity index (χ4n) is 3.41. The normalized spacial score (nSPS) is 12.8. The summed E-state index contributed by atoms with van der Waals surface area (Å²) in [6, 6.07) is 1.65. The van der Waals surface area contributed by atoms with Crippen LogP contribution in [0, 0.1) is 0 Å². The van der Waals surface area contributed by atoms with Crippen LogP contribution in [0.5, 0.6) is 0 Å². The van der Waals surface area contributed by atoms with E-state index in [1.165, 1.54) is 6.07 Å². The number of hydrogen-bond donors (Lipinski definition) is 7. The molecule has 2 atom stereocenters. The van der Waals surface area contributed by atoms with Crippen molar-refractivity contribution in [3.05, 3.63) is 40.2 Å². The van der Waals surface area contributed by atoms with Gasteiger partial charge >= 0.3 is 11.8 Å². The number of hydrogen-bond acceptors (Lipinski definition) is 7. The number of carbonyl (C=O) groups excluding carboxylic acids is 2. The van der Waals surface area contributed by atoms with Crippen molar-refractivity contribution in [2.24, 2.45) is 38.7 Å². The number of halogens is 3. The molecule has 0 bridgehead atoms. The van der Waals surface area contributed by atoms with E-state index in [1.54, 1.807) is 0 Å². The van der Waals surface area contributed by atoms with Crippen molar-refractivity contribution in [2.75, 3.05) is 18.4 Å². The number of guanidine groups is 2. The minimum Gasteiger partial charge on any atom is -0.423 e. The number of carbonyl (C=O) groups is 2. The molecule has 38 heavy (non-hydrogen) atoms. The number of nitrogens with zero attached hydrogens (tertiary/aromatic N) is 2. The smallest absolute Gasteiger partial charge is 0.417 e. The number of rotatable bonds is 12. The summed E-state index contributed by atoms with van der Waals surface area (Å²) < 4.78 is 44.7. The molecular weight excluding hydrogens is 511 g/mol. The van der Waals surface area contributed by atoms with Crippen LogP contribution in [0.2, 0.25) is 0 Å². The molecule has 208 valence electrons. The van der Waals surface area contributed by atoms with E-state index in [1.807, 2.05) is 0 Å². The zero-order valence-corrected chi connectivity index (χ0v) is 20.3. The molecule has 0 aliphatic heterocycles. The van der Waals surface area contributed by atoms with Gasteiger partial charge in [0, 0.05) is 36.3 Å². The van der Waals surface area contributed by atoms with Crippen LogP contribution < -0.4 is 44.9 Å². The molecule has 12 N–H and O–H groups in total. The number of aliphatic imine (C=N–C) groups is 2. The largest absolute Gasteiger partial charge is 0.423 e. The maximum Gasteiger partial charge on any atom is 0.417 e.